The van der Waals surface area contributed by atoms with E-state index in [2.05, 4.69) is 17.6 Å². The van der Waals surface area contributed by atoms with Gasteiger partial charge in [0.1, 0.15) is 11.0 Å². The van der Waals surface area contributed by atoms with Gasteiger partial charge in [-0.2, -0.15) is 0 Å². The van der Waals surface area contributed by atoms with Crippen LogP contribution in [0.1, 0.15) is 36.1 Å². The van der Waals surface area contributed by atoms with Crippen molar-refractivity contribution in [3.05, 3.63) is 120 Å². The van der Waals surface area contributed by atoms with Crippen molar-refractivity contribution in [3.63, 3.8) is 0 Å². The van der Waals surface area contributed by atoms with E-state index in [4.69, 9.17) is 4.74 Å². The number of hydrogen-bond donors (Lipinski definition) is 2. The summed E-state index contributed by atoms with van der Waals surface area (Å²) < 4.78 is 5.73. The molecule has 38 heavy (non-hydrogen) atoms. The van der Waals surface area contributed by atoms with E-state index in [0.717, 1.165) is 34.6 Å². The average Bonchev–Trinajstić information content (AvgIpc) is 2.94. The molecule has 0 aliphatic heterocycles. The van der Waals surface area contributed by atoms with Gasteiger partial charge >= 0.3 is 0 Å². The molecule has 2 amide bonds. The number of unbranched alkanes of at least 4 members (excludes halogenated alkanes) is 1. The Morgan fingerprint density at radius 1 is 0.789 bits per heavy atom. The second kappa shape index (κ2) is 14.1. The quantitative estimate of drug-likeness (QED) is 0.149. The minimum atomic E-state index is -0.480. The van der Waals surface area contributed by atoms with E-state index in [1.165, 1.54) is 11.8 Å². The summed E-state index contributed by atoms with van der Waals surface area (Å²) >= 11 is 1.44. The summed E-state index contributed by atoms with van der Waals surface area (Å²) in [7, 11) is 0. The minimum Gasteiger partial charge on any atom is -0.494 e. The first-order valence-corrected chi connectivity index (χ1v) is 13.7. The summed E-state index contributed by atoms with van der Waals surface area (Å²) in [6, 6.07) is 34.4. The van der Waals surface area contributed by atoms with Crippen LogP contribution in [0, 0.1) is 0 Å². The Kier molecular flexibility index (Phi) is 9.99. The first kappa shape index (κ1) is 27.0. The number of carbonyl (C=O) groups is 2. The van der Waals surface area contributed by atoms with Gasteiger partial charge < -0.3 is 15.4 Å². The fourth-order valence-corrected chi connectivity index (χ4v) is 4.93. The fourth-order valence-electron chi connectivity index (χ4n) is 3.85. The maximum atomic E-state index is 13.4. The standard InChI is InChI=1S/C32H32N2O3S/c1-2-3-21-37-28-19-17-26(18-20-28)34-32(36)31(25-13-8-5-9-14-25)38-29-16-10-15-27(23-29)33-30(35)22-24-11-6-4-7-12-24/h4-20,23,31H,2-3,21-22H2,1H3,(H,33,35)(H,34,36). The molecule has 1 atom stereocenters. The van der Waals surface area contributed by atoms with Crippen LogP contribution in [0.4, 0.5) is 11.4 Å². The summed E-state index contributed by atoms with van der Waals surface area (Å²) in [5, 5.41) is 5.54. The molecule has 0 aromatic heterocycles. The van der Waals surface area contributed by atoms with Crippen molar-refractivity contribution in [1.29, 1.82) is 0 Å². The fraction of sp³-hybridized carbons (Fsp3) is 0.188. The van der Waals surface area contributed by atoms with Crippen molar-refractivity contribution in [1.82, 2.24) is 0 Å². The van der Waals surface area contributed by atoms with Crippen molar-refractivity contribution < 1.29 is 14.3 Å². The zero-order valence-corrected chi connectivity index (χ0v) is 22.2. The number of anilines is 2. The van der Waals surface area contributed by atoms with E-state index < -0.39 is 5.25 Å². The third kappa shape index (κ3) is 8.25. The summed E-state index contributed by atoms with van der Waals surface area (Å²) in [5.74, 6) is 0.578. The van der Waals surface area contributed by atoms with E-state index >= 15 is 0 Å². The number of carbonyl (C=O) groups excluding carboxylic acids is 2. The molecule has 4 rings (SSSR count). The molecule has 0 aliphatic carbocycles. The average molecular weight is 525 g/mol. The highest BCUT2D eigenvalue weighted by molar-refractivity contribution is 8.00. The van der Waals surface area contributed by atoms with Crippen LogP contribution >= 0.6 is 11.8 Å². The van der Waals surface area contributed by atoms with Crippen LogP contribution in [0.2, 0.25) is 0 Å². The second-order valence-electron chi connectivity index (χ2n) is 8.86. The van der Waals surface area contributed by atoms with Gasteiger partial charge in [-0.1, -0.05) is 80.1 Å². The highest BCUT2D eigenvalue weighted by Gasteiger charge is 2.22. The molecule has 0 saturated heterocycles. The molecule has 0 radical (unpaired) electrons. The van der Waals surface area contributed by atoms with E-state index in [9.17, 15) is 9.59 Å². The molecule has 4 aromatic rings. The Hall–Kier alpha value is -4.03. The van der Waals surface area contributed by atoms with Crippen LogP contribution in [0.15, 0.2) is 114 Å². The van der Waals surface area contributed by atoms with Crippen molar-refractivity contribution in [2.45, 2.75) is 36.3 Å². The zero-order valence-electron chi connectivity index (χ0n) is 21.4. The van der Waals surface area contributed by atoms with Gasteiger partial charge in [0.2, 0.25) is 11.8 Å². The third-order valence-corrected chi connectivity index (χ3v) is 7.06. The summed E-state index contributed by atoms with van der Waals surface area (Å²) in [6.07, 6.45) is 2.39. The molecule has 1 unspecified atom stereocenters. The molecule has 0 bridgehead atoms. The first-order valence-electron chi connectivity index (χ1n) is 12.8. The van der Waals surface area contributed by atoms with Crippen molar-refractivity contribution in [2.24, 2.45) is 0 Å². The van der Waals surface area contributed by atoms with Gasteiger partial charge in [-0.25, -0.2) is 0 Å². The molecule has 4 aromatic carbocycles. The summed E-state index contributed by atoms with van der Waals surface area (Å²) in [6.45, 7) is 2.81. The van der Waals surface area contributed by atoms with Crippen LogP contribution in [0.5, 0.6) is 5.75 Å². The zero-order chi connectivity index (χ0) is 26.6. The second-order valence-corrected chi connectivity index (χ2v) is 10.0. The smallest absolute Gasteiger partial charge is 0.242 e. The first-order chi connectivity index (χ1) is 18.6. The number of benzene rings is 4. The molecule has 0 saturated carbocycles. The van der Waals surface area contributed by atoms with Gasteiger partial charge in [0, 0.05) is 16.3 Å². The van der Waals surface area contributed by atoms with Gasteiger partial charge in [0.05, 0.1) is 13.0 Å². The molecule has 6 heteroatoms. The van der Waals surface area contributed by atoms with Gasteiger partial charge in [-0.3, -0.25) is 9.59 Å². The normalized spacial score (nSPS) is 11.4. The Morgan fingerprint density at radius 3 is 2.21 bits per heavy atom. The Balaban J connectivity index is 1.44. The van der Waals surface area contributed by atoms with Gasteiger partial charge in [0.25, 0.3) is 0 Å². The lowest BCUT2D eigenvalue weighted by Crippen LogP contribution is -2.19. The molecular formula is C32H32N2O3S. The molecule has 0 aliphatic rings. The van der Waals surface area contributed by atoms with Crippen LogP contribution in [-0.2, 0) is 16.0 Å². The molecular weight excluding hydrogens is 492 g/mol. The molecule has 5 nitrogen and oxygen atoms in total. The number of amides is 2. The van der Waals surface area contributed by atoms with Gasteiger partial charge in [-0.15, -0.1) is 11.8 Å². The minimum absolute atomic E-state index is 0.0853. The Labute approximate surface area is 228 Å². The number of rotatable bonds is 12. The number of nitrogens with one attached hydrogen (secondary N) is 2. The lowest BCUT2D eigenvalue weighted by Gasteiger charge is -2.18. The predicted octanol–water partition coefficient (Wildman–Crippen LogP) is 7.52. The Morgan fingerprint density at radius 2 is 1.50 bits per heavy atom. The lowest BCUT2D eigenvalue weighted by molar-refractivity contribution is -0.116. The van der Waals surface area contributed by atoms with Crippen molar-refractivity contribution >= 4 is 35.0 Å². The van der Waals surface area contributed by atoms with Crippen molar-refractivity contribution in [2.75, 3.05) is 17.2 Å². The molecule has 194 valence electrons. The van der Waals surface area contributed by atoms with E-state index in [1.54, 1.807) is 0 Å². The monoisotopic (exact) mass is 524 g/mol. The number of hydrogen-bond acceptors (Lipinski definition) is 4. The highest BCUT2D eigenvalue weighted by atomic mass is 32.2. The van der Waals surface area contributed by atoms with E-state index in [0.29, 0.717) is 24.4 Å². The number of ether oxygens (including phenoxy) is 1. The van der Waals surface area contributed by atoms with E-state index in [-0.39, 0.29) is 11.8 Å². The maximum Gasteiger partial charge on any atom is 0.242 e. The lowest BCUT2D eigenvalue weighted by atomic mass is 10.1. The third-order valence-electron chi connectivity index (χ3n) is 5.81. The molecule has 0 spiro atoms. The highest BCUT2D eigenvalue weighted by Crippen LogP contribution is 2.37. The van der Waals surface area contributed by atoms with Gasteiger partial charge in [-0.05, 0) is 60.0 Å². The predicted molar refractivity (Wildman–Crippen MR) is 156 cm³/mol. The topological polar surface area (TPSA) is 67.4 Å². The van der Waals surface area contributed by atoms with Crippen LogP contribution in [-0.4, -0.2) is 18.4 Å². The molecule has 2 N–H and O–H groups in total. The van der Waals surface area contributed by atoms with Crippen LogP contribution in [0.25, 0.3) is 0 Å². The van der Waals surface area contributed by atoms with Gasteiger partial charge in [0.15, 0.2) is 0 Å². The largest absolute Gasteiger partial charge is 0.494 e. The van der Waals surface area contributed by atoms with Crippen LogP contribution in [0.3, 0.4) is 0 Å². The molecule has 0 heterocycles. The Bertz CT molecular complexity index is 1310. The van der Waals surface area contributed by atoms with Crippen molar-refractivity contribution in [3.8, 4) is 5.75 Å². The van der Waals surface area contributed by atoms with Crippen LogP contribution < -0.4 is 15.4 Å². The van der Waals surface area contributed by atoms with E-state index in [1.807, 2.05) is 109 Å². The number of thioether (sulfide) groups is 1. The molecule has 0 fully saturated rings. The summed E-state index contributed by atoms with van der Waals surface area (Å²) in [5.41, 5.74) is 3.26. The summed E-state index contributed by atoms with van der Waals surface area (Å²) in [4.78, 5) is 26.9. The SMILES string of the molecule is CCCCOc1ccc(NC(=O)C(Sc2cccc(NC(=O)Cc3ccccc3)c2)c2ccccc2)cc1. The maximum absolute atomic E-state index is 13.4.